The summed E-state index contributed by atoms with van der Waals surface area (Å²) < 4.78 is 9.85. The largest absolute Gasteiger partial charge is 0.387 e. The average molecular weight is 162 g/mol. The zero-order chi connectivity index (χ0) is 8.06. The fraction of sp³-hybridized carbons (Fsp3) is 1.00. The van der Waals surface area contributed by atoms with Crippen molar-refractivity contribution in [2.75, 3.05) is 13.2 Å². The molecule has 3 heterocycles. The van der Waals surface area contributed by atoms with Crippen molar-refractivity contribution in [1.29, 1.82) is 0 Å². The fourth-order valence-corrected chi connectivity index (χ4v) is 1.38. The Morgan fingerprint density at radius 1 is 1.36 bits per heavy atom. The minimum absolute atomic E-state index is 0.0735. The minimum atomic E-state index is -1.70. The molecule has 0 aliphatic carbocycles. The fourth-order valence-electron chi connectivity index (χ4n) is 1.38. The standard InChI is InChI=1S/C6H10O5/c7-4-3-1-11-6(9,2-10-3)5(4)8/h3-5,7-9H,1-2H2/t3-,4-,5+,6+/m1/s1. The van der Waals surface area contributed by atoms with Gasteiger partial charge in [0.15, 0.2) is 0 Å². The molecule has 0 spiro atoms. The molecular weight excluding hydrogens is 152 g/mol. The molecule has 64 valence electrons. The van der Waals surface area contributed by atoms with Crippen LogP contribution in [-0.4, -0.2) is 52.6 Å². The monoisotopic (exact) mass is 162 g/mol. The highest BCUT2D eigenvalue weighted by Gasteiger charge is 2.54. The SMILES string of the molecule is O[C@@H]1[C@H]2CO[C@@](O)(CO2)[C@H]1O. The van der Waals surface area contributed by atoms with E-state index in [0.29, 0.717) is 0 Å². The number of hydrogen-bond acceptors (Lipinski definition) is 5. The maximum absolute atomic E-state index is 9.40. The van der Waals surface area contributed by atoms with Crippen LogP contribution in [-0.2, 0) is 9.47 Å². The van der Waals surface area contributed by atoms with Crippen molar-refractivity contribution in [3.05, 3.63) is 0 Å². The minimum Gasteiger partial charge on any atom is -0.387 e. The molecule has 0 amide bonds. The van der Waals surface area contributed by atoms with Gasteiger partial charge in [-0.3, -0.25) is 0 Å². The smallest absolute Gasteiger partial charge is 0.219 e. The van der Waals surface area contributed by atoms with E-state index in [1.54, 1.807) is 0 Å². The molecule has 0 radical (unpaired) electrons. The van der Waals surface area contributed by atoms with Gasteiger partial charge >= 0.3 is 0 Å². The van der Waals surface area contributed by atoms with E-state index < -0.39 is 24.1 Å². The van der Waals surface area contributed by atoms with Crippen LogP contribution in [0.25, 0.3) is 0 Å². The third-order valence-electron chi connectivity index (χ3n) is 2.17. The Hall–Kier alpha value is -0.200. The molecule has 0 aromatic heterocycles. The van der Waals surface area contributed by atoms with Crippen LogP contribution in [0.4, 0.5) is 0 Å². The van der Waals surface area contributed by atoms with Gasteiger partial charge in [0.25, 0.3) is 0 Å². The summed E-state index contributed by atoms with van der Waals surface area (Å²) in [5.41, 5.74) is 0. The second-order valence-corrected chi connectivity index (χ2v) is 2.94. The number of ether oxygens (including phenoxy) is 2. The first-order valence-electron chi connectivity index (χ1n) is 3.47. The van der Waals surface area contributed by atoms with E-state index in [2.05, 4.69) is 0 Å². The van der Waals surface area contributed by atoms with Crippen LogP contribution in [0.1, 0.15) is 0 Å². The Bertz CT molecular complexity index is 162. The summed E-state index contributed by atoms with van der Waals surface area (Å²) in [4.78, 5) is 0. The van der Waals surface area contributed by atoms with E-state index >= 15 is 0 Å². The highest BCUT2D eigenvalue weighted by molar-refractivity contribution is 4.96. The summed E-state index contributed by atoms with van der Waals surface area (Å²) in [5, 5.41) is 27.8. The molecule has 2 bridgehead atoms. The van der Waals surface area contributed by atoms with E-state index in [4.69, 9.17) is 9.47 Å². The van der Waals surface area contributed by atoms with E-state index in [0.717, 1.165) is 0 Å². The lowest BCUT2D eigenvalue weighted by Crippen LogP contribution is -2.68. The van der Waals surface area contributed by atoms with Gasteiger partial charge in [-0.2, -0.15) is 0 Å². The molecule has 0 aromatic rings. The van der Waals surface area contributed by atoms with E-state index in [-0.39, 0.29) is 13.2 Å². The second-order valence-electron chi connectivity index (χ2n) is 2.94. The van der Waals surface area contributed by atoms with Gasteiger partial charge in [-0.1, -0.05) is 0 Å². The Labute approximate surface area is 63.2 Å². The van der Waals surface area contributed by atoms with Crippen LogP contribution in [0, 0.1) is 0 Å². The number of hydrogen-bond donors (Lipinski definition) is 3. The van der Waals surface area contributed by atoms with Crippen molar-refractivity contribution in [3.63, 3.8) is 0 Å². The quantitative estimate of drug-likeness (QED) is 0.377. The normalized spacial score (nSPS) is 56.5. The molecule has 3 N–H and O–H groups in total. The first-order chi connectivity index (χ1) is 5.13. The van der Waals surface area contributed by atoms with Gasteiger partial charge in [0.05, 0.1) is 6.61 Å². The van der Waals surface area contributed by atoms with Gasteiger partial charge in [-0.05, 0) is 0 Å². The van der Waals surface area contributed by atoms with Crippen LogP contribution >= 0.6 is 0 Å². The lowest BCUT2D eigenvalue weighted by molar-refractivity contribution is -0.385. The molecule has 11 heavy (non-hydrogen) atoms. The topological polar surface area (TPSA) is 79.2 Å². The molecule has 4 atom stereocenters. The summed E-state index contributed by atoms with van der Waals surface area (Å²) in [6.45, 7) is 0.0601. The van der Waals surface area contributed by atoms with Crippen molar-refractivity contribution in [2.24, 2.45) is 0 Å². The molecule has 5 nitrogen and oxygen atoms in total. The molecule has 3 aliphatic rings. The summed E-state index contributed by atoms with van der Waals surface area (Å²) in [5.74, 6) is -1.70. The molecule has 5 heteroatoms. The van der Waals surface area contributed by atoms with Crippen LogP contribution in [0.15, 0.2) is 0 Å². The molecule has 3 saturated heterocycles. The van der Waals surface area contributed by atoms with Crippen molar-refractivity contribution < 1.29 is 24.8 Å². The van der Waals surface area contributed by atoms with Crippen LogP contribution in [0.2, 0.25) is 0 Å². The second kappa shape index (κ2) is 2.15. The zero-order valence-corrected chi connectivity index (χ0v) is 5.80. The molecule has 3 fully saturated rings. The highest BCUT2D eigenvalue weighted by atomic mass is 16.7. The van der Waals surface area contributed by atoms with Crippen molar-refractivity contribution >= 4 is 0 Å². The Morgan fingerprint density at radius 2 is 2.09 bits per heavy atom. The summed E-state index contributed by atoms with van der Waals surface area (Å²) in [7, 11) is 0. The average Bonchev–Trinajstić information content (AvgIpc) is 2.01. The maximum atomic E-state index is 9.40. The van der Waals surface area contributed by atoms with Gasteiger partial charge in [-0.15, -0.1) is 0 Å². The highest BCUT2D eigenvalue weighted by Crippen LogP contribution is 2.31. The number of aliphatic hydroxyl groups excluding tert-OH is 2. The number of aliphatic hydroxyl groups is 3. The van der Waals surface area contributed by atoms with Gasteiger partial charge < -0.3 is 24.8 Å². The molecule has 0 aromatic carbocycles. The maximum Gasteiger partial charge on any atom is 0.219 e. The first-order valence-corrected chi connectivity index (χ1v) is 3.47. The lowest BCUT2D eigenvalue weighted by Gasteiger charge is -2.48. The van der Waals surface area contributed by atoms with Gasteiger partial charge in [0, 0.05) is 0 Å². The Kier molecular flexibility index (Phi) is 1.45. The van der Waals surface area contributed by atoms with E-state index in [1.807, 2.05) is 0 Å². The van der Waals surface area contributed by atoms with Crippen molar-refractivity contribution in [2.45, 2.75) is 24.1 Å². The van der Waals surface area contributed by atoms with Crippen molar-refractivity contribution in [1.82, 2.24) is 0 Å². The molecule has 3 aliphatic heterocycles. The third-order valence-corrected chi connectivity index (χ3v) is 2.17. The first kappa shape index (κ1) is 7.45. The van der Waals surface area contributed by atoms with E-state index in [1.165, 1.54) is 0 Å². The Balaban J connectivity index is 2.23. The third kappa shape index (κ3) is 0.896. The summed E-state index contributed by atoms with van der Waals surface area (Å²) in [6.07, 6.45) is -2.79. The van der Waals surface area contributed by atoms with Gasteiger partial charge in [-0.25, -0.2) is 0 Å². The molecule has 0 unspecified atom stereocenters. The van der Waals surface area contributed by atoms with E-state index in [9.17, 15) is 15.3 Å². The van der Waals surface area contributed by atoms with Crippen LogP contribution < -0.4 is 0 Å². The predicted molar refractivity (Wildman–Crippen MR) is 32.7 cm³/mol. The van der Waals surface area contributed by atoms with Crippen LogP contribution in [0.3, 0.4) is 0 Å². The Morgan fingerprint density at radius 3 is 2.45 bits per heavy atom. The molecular formula is C6H10O5. The lowest BCUT2D eigenvalue weighted by atomic mass is 9.94. The van der Waals surface area contributed by atoms with Gasteiger partial charge in [0.2, 0.25) is 5.79 Å². The predicted octanol–water partition coefficient (Wildman–Crippen LogP) is -2.17. The molecule has 3 rings (SSSR count). The van der Waals surface area contributed by atoms with Crippen LogP contribution in [0.5, 0.6) is 0 Å². The number of rotatable bonds is 0. The summed E-state index contributed by atoms with van der Waals surface area (Å²) >= 11 is 0. The summed E-state index contributed by atoms with van der Waals surface area (Å²) in [6, 6.07) is 0. The molecule has 0 saturated carbocycles. The number of fused-ring (bicyclic) bond motifs is 3. The van der Waals surface area contributed by atoms with Gasteiger partial charge in [0.1, 0.15) is 24.9 Å². The van der Waals surface area contributed by atoms with Crippen molar-refractivity contribution in [3.8, 4) is 0 Å². The zero-order valence-electron chi connectivity index (χ0n) is 5.80.